The van der Waals surface area contributed by atoms with E-state index in [4.69, 9.17) is 4.74 Å². The van der Waals surface area contributed by atoms with E-state index in [0.29, 0.717) is 16.2 Å². The molecule has 3 fully saturated rings. The third-order valence-corrected chi connectivity index (χ3v) is 6.42. The number of halogens is 1. The highest BCUT2D eigenvalue weighted by Crippen LogP contribution is 2.72. The maximum atomic E-state index is 6.38. The fraction of sp³-hybridized carbons (Fsp3) is 1.00. The first-order valence-electron chi connectivity index (χ1n) is 6.94. The third kappa shape index (κ3) is 1.66. The number of alkyl halides is 1. The molecule has 2 heteroatoms. The predicted molar refractivity (Wildman–Crippen MR) is 74.4 cm³/mol. The zero-order valence-corrected chi connectivity index (χ0v) is 13.2. The average Bonchev–Trinajstić information content (AvgIpc) is 2.79. The van der Waals surface area contributed by atoms with Crippen molar-refractivity contribution in [2.45, 2.75) is 59.0 Å². The van der Waals surface area contributed by atoms with E-state index >= 15 is 0 Å². The first kappa shape index (κ1) is 12.5. The van der Waals surface area contributed by atoms with Crippen molar-refractivity contribution >= 4 is 15.9 Å². The van der Waals surface area contributed by atoms with E-state index in [9.17, 15) is 0 Å². The molecule has 3 aliphatic rings. The van der Waals surface area contributed by atoms with Gasteiger partial charge in [-0.05, 0) is 42.4 Å². The monoisotopic (exact) mass is 300 g/mol. The topological polar surface area (TPSA) is 9.23 Å². The normalized spacial score (nSPS) is 44.6. The SMILES string of the molecule is CC1(C)CC(C)(C)CC2(C1)OCC1CC12CBr. The quantitative estimate of drug-likeness (QED) is 0.653. The number of ether oxygens (including phenoxy) is 1. The van der Waals surface area contributed by atoms with Gasteiger partial charge in [0.25, 0.3) is 0 Å². The van der Waals surface area contributed by atoms with Crippen LogP contribution in [0.1, 0.15) is 53.4 Å². The number of rotatable bonds is 1. The highest BCUT2D eigenvalue weighted by atomic mass is 79.9. The summed E-state index contributed by atoms with van der Waals surface area (Å²) in [6.07, 6.45) is 5.23. The lowest BCUT2D eigenvalue weighted by Crippen LogP contribution is -2.52. The van der Waals surface area contributed by atoms with E-state index in [1.807, 2.05) is 0 Å². The van der Waals surface area contributed by atoms with Gasteiger partial charge in [0.15, 0.2) is 0 Å². The van der Waals surface area contributed by atoms with Crippen LogP contribution >= 0.6 is 15.9 Å². The van der Waals surface area contributed by atoms with Crippen LogP contribution in [0.5, 0.6) is 0 Å². The fourth-order valence-corrected chi connectivity index (χ4v) is 6.53. The number of fused-ring (bicyclic) bond motifs is 2. The molecule has 0 radical (unpaired) electrons. The lowest BCUT2D eigenvalue weighted by molar-refractivity contribution is -0.136. The molecular weight excluding hydrogens is 276 g/mol. The van der Waals surface area contributed by atoms with Gasteiger partial charge in [-0.1, -0.05) is 43.6 Å². The van der Waals surface area contributed by atoms with Crippen LogP contribution in [0.15, 0.2) is 0 Å². The summed E-state index contributed by atoms with van der Waals surface area (Å²) in [5.41, 5.74) is 1.50. The van der Waals surface area contributed by atoms with Crippen molar-refractivity contribution < 1.29 is 4.74 Å². The third-order valence-electron chi connectivity index (χ3n) is 5.42. The summed E-state index contributed by atoms with van der Waals surface area (Å²) < 4.78 is 6.38. The van der Waals surface area contributed by atoms with Gasteiger partial charge in [-0.2, -0.15) is 0 Å². The second kappa shape index (κ2) is 3.30. The molecule has 2 aliphatic carbocycles. The van der Waals surface area contributed by atoms with E-state index in [-0.39, 0.29) is 5.60 Å². The summed E-state index contributed by atoms with van der Waals surface area (Å²) >= 11 is 3.78. The van der Waals surface area contributed by atoms with Crippen LogP contribution in [0, 0.1) is 22.2 Å². The van der Waals surface area contributed by atoms with Gasteiger partial charge < -0.3 is 4.74 Å². The van der Waals surface area contributed by atoms with Crippen LogP contribution in [0.2, 0.25) is 0 Å². The Hall–Kier alpha value is 0.440. The number of hydrogen-bond donors (Lipinski definition) is 0. The Morgan fingerprint density at radius 1 is 1.06 bits per heavy atom. The maximum Gasteiger partial charge on any atom is 0.0760 e. The lowest BCUT2D eigenvalue weighted by atomic mass is 9.56. The molecule has 0 N–H and O–H groups in total. The van der Waals surface area contributed by atoms with Gasteiger partial charge >= 0.3 is 0 Å². The molecule has 3 rings (SSSR count). The van der Waals surface area contributed by atoms with Crippen molar-refractivity contribution in [2.75, 3.05) is 11.9 Å². The van der Waals surface area contributed by atoms with Gasteiger partial charge in [-0.25, -0.2) is 0 Å². The largest absolute Gasteiger partial charge is 0.374 e. The number of hydrogen-bond acceptors (Lipinski definition) is 1. The van der Waals surface area contributed by atoms with Crippen LogP contribution in [0.4, 0.5) is 0 Å². The minimum absolute atomic E-state index is 0.173. The Bertz CT molecular complexity index is 327. The molecule has 1 aliphatic heterocycles. The van der Waals surface area contributed by atoms with Crippen molar-refractivity contribution in [1.29, 1.82) is 0 Å². The first-order chi connectivity index (χ1) is 7.74. The Morgan fingerprint density at radius 2 is 1.65 bits per heavy atom. The second-order valence-electron chi connectivity index (χ2n) is 8.35. The maximum absolute atomic E-state index is 6.38. The van der Waals surface area contributed by atoms with Crippen molar-refractivity contribution in [3.63, 3.8) is 0 Å². The molecule has 17 heavy (non-hydrogen) atoms. The molecule has 0 bridgehead atoms. The molecular formula is C15H25BrO. The molecule has 1 nitrogen and oxygen atoms in total. The summed E-state index contributed by atoms with van der Waals surface area (Å²) in [6.45, 7) is 10.7. The van der Waals surface area contributed by atoms with E-state index in [2.05, 4.69) is 43.6 Å². The molecule has 1 spiro atoms. The average molecular weight is 301 g/mol. The minimum Gasteiger partial charge on any atom is -0.374 e. The molecule has 0 amide bonds. The molecule has 0 aromatic rings. The molecule has 98 valence electrons. The van der Waals surface area contributed by atoms with Gasteiger partial charge in [0, 0.05) is 10.7 Å². The smallest absolute Gasteiger partial charge is 0.0760 e. The van der Waals surface area contributed by atoms with Crippen LogP contribution < -0.4 is 0 Å². The summed E-state index contributed by atoms with van der Waals surface area (Å²) in [6, 6.07) is 0. The van der Waals surface area contributed by atoms with Crippen LogP contribution in [0.3, 0.4) is 0 Å². The molecule has 1 heterocycles. The Kier molecular flexibility index (Phi) is 2.42. The van der Waals surface area contributed by atoms with Crippen LogP contribution in [-0.2, 0) is 4.74 Å². The van der Waals surface area contributed by atoms with Crippen molar-refractivity contribution in [2.24, 2.45) is 22.2 Å². The van der Waals surface area contributed by atoms with Crippen LogP contribution in [0.25, 0.3) is 0 Å². The van der Waals surface area contributed by atoms with E-state index in [0.717, 1.165) is 17.9 Å². The van der Waals surface area contributed by atoms with Gasteiger partial charge in [-0.3, -0.25) is 0 Å². The first-order valence-corrected chi connectivity index (χ1v) is 8.07. The van der Waals surface area contributed by atoms with E-state index in [1.54, 1.807) is 0 Å². The molecule has 1 saturated heterocycles. The fourth-order valence-electron chi connectivity index (χ4n) is 5.33. The van der Waals surface area contributed by atoms with E-state index < -0.39 is 0 Å². The summed E-state index contributed by atoms with van der Waals surface area (Å²) in [7, 11) is 0. The van der Waals surface area contributed by atoms with Gasteiger partial charge in [0.05, 0.1) is 12.2 Å². The summed E-state index contributed by atoms with van der Waals surface area (Å²) in [4.78, 5) is 0. The lowest BCUT2D eigenvalue weighted by Gasteiger charge is -2.53. The Balaban J connectivity index is 1.97. The molecule has 0 aromatic heterocycles. The molecule has 0 aromatic carbocycles. The predicted octanol–water partition coefficient (Wildman–Crippen LogP) is 4.39. The van der Waals surface area contributed by atoms with Gasteiger partial charge in [0.1, 0.15) is 0 Å². The summed E-state index contributed by atoms with van der Waals surface area (Å²) in [5.74, 6) is 0.839. The highest BCUT2D eigenvalue weighted by molar-refractivity contribution is 9.09. The molecule has 2 atom stereocenters. The Labute approximate surface area is 114 Å². The van der Waals surface area contributed by atoms with Crippen molar-refractivity contribution in [3.8, 4) is 0 Å². The van der Waals surface area contributed by atoms with Gasteiger partial charge in [-0.15, -0.1) is 0 Å². The highest BCUT2D eigenvalue weighted by Gasteiger charge is 2.73. The summed E-state index contributed by atoms with van der Waals surface area (Å²) in [5, 5.41) is 1.14. The van der Waals surface area contributed by atoms with E-state index in [1.165, 1.54) is 25.7 Å². The zero-order valence-electron chi connectivity index (χ0n) is 11.6. The second-order valence-corrected chi connectivity index (χ2v) is 8.92. The minimum atomic E-state index is 0.173. The Morgan fingerprint density at radius 3 is 2.12 bits per heavy atom. The van der Waals surface area contributed by atoms with Crippen molar-refractivity contribution in [1.82, 2.24) is 0 Å². The molecule has 2 saturated carbocycles. The standard InChI is InChI=1S/C15H25BrO/c1-12(2)7-13(3,4)9-15(8-12)14(10-16)5-11(14)6-17-15/h11H,5-10H2,1-4H3. The van der Waals surface area contributed by atoms with Gasteiger partial charge in [0.2, 0.25) is 0 Å². The van der Waals surface area contributed by atoms with Crippen molar-refractivity contribution in [3.05, 3.63) is 0 Å². The molecule has 2 unspecified atom stereocenters. The zero-order chi connectivity index (χ0) is 12.5. The van der Waals surface area contributed by atoms with Crippen LogP contribution in [-0.4, -0.2) is 17.5 Å².